The van der Waals surface area contributed by atoms with Crippen molar-refractivity contribution in [3.05, 3.63) is 35.4 Å². The molecule has 140 valence electrons. The third kappa shape index (κ3) is 6.33. The SMILES string of the molecule is Cc1ccccc1C(=O)NC(C(=O)NCCC1CCNC1)C(C)C.Cl. The summed E-state index contributed by atoms with van der Waals surface area (Å²) < 4.78 is 0. The summed E-state index contributed by atoms with van der Waals surface area (Å²) in [5, 5.41) is 9.20. The Kier molecular flexibility index (Phi) is 8.93. The van der Waals surface area contributed by atoms with E-state index in [0.717, 1.165) is 25.1 Å². The Balaban J connectivity index is 0.00000312. The number of amides is 2. The van der Waals surface area contributed by atoms with E-state index in [1.807, 2.05) is 39.0 Å². The van der Waals surface area contributed by atoms with Gasteiger partial charge in [-0.25, -0.2) is 0 Å². The highest BCUT2D eigenvalue weighted by Crippen LogP contribution is 2.12. The first kappa shape index (κ1) is 21.5. The van der Waals surface area contributed by atoms with Crippen LogP contribution in [0.4, 0.5) is 0 Å². The van der Waals surface area contributed by atoms with E-state index in [1.165, 1.54) is 6.42 Å². The van der Waals surface area contributed by atoms with Gasteiger partial charge in [0.1, 0.15) is 6.04 Å². The molecule has 2 atom stereocenters. The van der Waals surface area contributed by atoms with Gasteiger partial charge < -0.3 is 16.0 Å². The molecule has 1 heterocycles. The minimum atomic E-state index is -0.515. The van der Waals surface area contributed by atoms with Crippen molar-refractivity contribution >= 4 is 24.2 Å². The first-order valence-corrected chi connectivity index (χ1v) is 8.84. The molecule has 0 bridgehead atoms. The number of aryl methyl sites for hydroxylation is 1. The molecule has 2 rings (SSSR count). The van der Waals surface area contributed by atoms with Crippen LogP contribution in [-0.4, -0.2) is 37.5 Å². The second-order valence-corrected chi connectivity index (χ2v) is 6.95. The van der Waals surface area contributed by atoms with Gasteiger partial charge in [-0.05, 0) is 56.3 Å². The van der Waals surface area contributed by atoms with Gasteiger partial charge in [-0.3, -0.25) is 9.59 Å². The molecule has 0 spiro atoms. The van der Waals surface area contributed by atoms with Gasteiger partial charge in [-0.15, -0.1) is 12.4 Å². The van der Waals surface area contributed by atoms with E-state index >= 15 is 0 Å². The fourth-order valence-corrected chi connectivity index (χ4v) is 3.05. The summed E-state index contributed by atoms with van der Waals surface area (Å²) in [7, 11) is 0. The number of nitrogens with one attached hydrogen (secondary N) is 3. The normalized spacial score (nSPS) is 17.7. The Morgan fingerprint density at radius 3 is 2.60 bits per heavy atom. The highest BCUT2D eigenvalue weighted by molar-refractivity contribution is 5.98. The average molecular weight is 368 g/mol. The van der Waals surface area contributed by atoms with Crippen molar-refractivity contribution in [1.82, 2.24) is 16.0 Å². The van der Waals surface area contributed by atoms with Crippen LogP contribution in [0, 0.1) is 18.8 Å². The summed E-state index contributed by atoms with van der Waals surface area (Å²) >= 11 is 0. The molecule has 3 N–H and O–H groups in total. The van der Waals surface area contributed by atoms with Crippen LogP contribution in [0.15, 0.2) is 24.3 Å². The number of carbonyl (C=O) groups excluding carboxylic acids is 2. The molecule has 1 aromatic rings. The van der Waals surface area contributed by atoms with Gasteiger partial charge in [0.25, 0.3) is 5.91 Å². The number of benzene rings is 1. The van der Waals surface area contributed by atoms with Crippen molar-refractivity contribution < 1.29 is 9.59 Å². The maximum atomic E-state index is 12.5. The van der Waals surface area contributed by atoms with Crippen LogP contribution in [0.5, 0.6) is 0 Å². The Labute approximate surface area is 156 Å². The fourth-order valence-electron chi connectivity index (χ4n) is 3.05. The van der Waals surface area contributed by atoms with Crippen LogP contribution in [0.1, 0.15) is 42.6 Å². The maximum absolute atomic E-state index is 12.5. The number of halogens is 1. The quantitative estimate of drug-likeness (QED) is 0.692. The lowest BCUT2D eigenvalue weighted by molar-refractivity contribution is -0.123. The molecule has 1 fully saturated rings. The number of hydrogen-bond donors (Lipinski definition) is 3. The first-order chi connectivity index (χ1) is 11.5. The molecular weight excluding hydrogens is 338 g/mol. The fraction of sp³-hybridized carbons (Fsp3) is 0.579. The van der Waals surface area contributed by atoms with Crippen LogP contribution in [0.3, 0.4) is 0 Å². The summed E-state index contributed by atoms with van der Waals surface area (Å²) in [5.41, 5.74) is 1.53. The maximum Gasteiger partial charge on any atom is 0.252 e. The predicted octanol–water partition coefficient (Wildman–Crippen LogP) is 2.29. The largest absolute Gasteiger partial charge is 0.354 e. The second kappa shape index (κ2) is 10.4. The topological polar surface area (TPSA) is 70.2 Å². The molecule has 5 nitrogen and oxygen atoms in total. The third-order valence-electron chi connectivity index (χ3n) is 4.64. The van der Waals surface area contributed by atoms with E-state index in [0.29, 0.717) is 18.0 Å². The molecule has 1 aromatic carbocycles. The van der Waals surface area contributed by atoms with Crippen LogP contribution in [0.2, 0.25) is 0 Å². The van der Waals surface area contributed by atoms with Gasteiger partial charge in [-0.1, -0.05) is 32.0 Å². The lowest BCUT2D eigenvalue weighted by Crippen LogP contribution is -2.50. The number of hydrogen-bond acceptors (Lipinski definition) is 3. The van der Waals surface area contributed by atoms with E-state index < -0.39 is 6.04 Å². The zero-order valence-electron chi connectivity index (χ0n) is 15.3. The van der Waals surface area contributed by atoms with Crippen molar-refractivity contribution in [2.24, 2.45) is 11.8 Å². The zero-order chi connectivity index (χ0) is 17.5. The van der Waals surface area contributed by atoms with Crippen molar-refractivity contribution in [2.45, 2.75) is 39.7 Å². The number of rotatable bonds is 7. The second-order valence-electron chi connectivity index (χ2n) is 6.95. The third-order valence-corrected chi connectivity index (χ3v) is 4.64. The molecule has 2 amide bonds. The van der Waals surface area contributed by atoms with Gasteiger partial charge in [0.2, 0.25) is 5.91 Å². The van der Waals surface area contributed by atoms with Crippen LogP contribution < -0.4 is 16.0 Å². The molecule has 0 saturated carbocycles. The van der Waals surface area contributed by atoms with Gasteiger partial charge in [0.15, 0.2) is 0 Å². The van der Waals surface area contributed by atoms with E-state index in [4.69, 9.17) is 0 Å². The zero-order valence-corrected chi connectivity index (χ0v) is 16.1. The van der Waals surface area contributed by atoms with Crippen molar-refractivity contribution in [2.75, 3.05) is 19.6 Å². The average Bonchev–Trinajstić information content (AvgIpc) is 3.05. The molecule has 1 aliphatic heterocycles. The Bertz CT molecular complexity index is 572. The smallest absolute Gasteiger partial charge is 0.252 e. The minimum Gasteiger partial charge on any atom is -0.354 e. The van der Waals surface area contributed by atoms with E-state index in [9.17, 15) is 9.59 Å². The Hall–Kier alpha value is -1.59. The van der Waals surface area contributed by atoms with Gasteiger partial charge in [0, 0.05) is 12.1 Å². The predicted molar refractivity (Wildman–Crippen MR) is 103 cm³/mol. The van der Waals surface area contributed by atoms with Gasteiger partial charge >= 0.3 is 0 Å². The molecule has 1 saturated heterocycles. The van der Waals surface area contributed by atoms with Gasteiger partial charge in [0.05, 0.1) is 0 Å². The summed E-state index contributed by atoms with van der Waals surface area (Å²) in [6.07, 6.45) is 2.16. The monoisotopic (exact) mass is 367 g/mol. The van der Waals surface area contributed by atoms with Crippen molar-refractivity contribution in [3.8, 4) is 0 Å². The summed E-state index contributed by atoms with van der Waals surface area (Å²) in [6.45, 7) is 8.56. The highest BCUT2D eigenvalue weighted by Gasteiger charge is 2.25. The van der Waals surface area contributed by atoms with E-state index in [2.05, 4.69) is 16.0 Å². The highest BCUT2D eigenvalue weighted by atomic mass is 35.5. The lowest BCUT2D eigenvalue weighted by atomic mass is 10.0. The van der Waals surface area contributed by atoms with Gasteiger partial charge in [-0.2, -0.15) is 0 Å². The molecule has 0 aromatic heterocycles. The summed E-state index contributed by atoms with van der Waals surface area (Å²) in [6, 6.07) is 6.90. The molecule has 0 radical (unpaired) electrons. The summed E-state index contributed by atoms with van der Waals surface area (Å²) in [5.74, 6) is 0.385. The molecule has 0 aliphatic carbocycles. The van der Waals surface area contributed by atoms with E-state index in [1.54, 1.807) is 6.07 Å². The lowest BCUT2D eigenvalue weighted by Gasteiger charge is -2.22. The molecule has 2 unspecified atom stereocenters. The first-order valence-electron chi connectivity index (χ1n) is 8.84. The van der Waals surface area contributed by atoms with Crippen LogP contribution >= 0.6 is 12.4 Å². The van der Waals surface area contributed by atoms with Crippen LogP contribution in [0.25, 0.3) is 0 Å². The number of carbonyl (C=O) groups is 2. The summed E-state index contributed by atoms with van der Waals surface area (Å²) in [4.78, 5) is 24.9. The Morgan fingerprint density at radius 1 is 1.28 bits per heavy atom. The van der Waals surface area contributed by atoms with Crippen LogP contribution in [-0.2, 0) is 4.79 Å². The van der Waals surface area contributed by atoms with E-state index in [-0.39, 0.29) is 30.1 Å². The standard InChI is InChI=1S/C19H29N3O2.ClH/c1-13(2)17(19(24)21-11-9-15-8-10-20-12-15)22-18(23)16-7-5-4-6-14(16)3;/h4-7,13,15,17,20H,8-12H2,1-3H3,(H,21,24)(H,22,23);1H. The molecule has 1 aliphatic rings. The van der Waals surface area contributed by atoms with Crippen molar-refractivity contribution in [3.63, 3.8) is 0 Å². The molecular formula is C19H30ClN3O2. The van der Waals surface area contributed by atoms with Crippen molar-refractivity contribution in [1.29, 1.82) is 0 Å². The molecule has 25 heavy (non-hydrogen) atoms. The minimum absolute atomic E-state index is 0. The Morgan fingerprint density at radius 2 is 2.00 bits per heavy atom. The molecule has 6 heteroatoms.